The van der Waals surface area contributed by atoms with E-state index in [9.17, 15) is 9.59 Å². The highest BCUT2D eigenvalue weighted by molar-refractivity contribution is 6.27. The maximum Gasteiger partial charge on any atom is 0.261 e. The molecule has 0 saturated heterocycles. The molecule has 0 bridgehead atoms. The van der Waals surface area contributed by atoms with Crippen LogP contribution >= 0.6 is 0 Å². The van der Waals surface area contributed by atoms with Gasteiger partial charge in [-0.15, -0.1) is 0 Å². The number of amides is 2. The van der Waals surface area contributed by atoms with Crippen molar-refractivity contribution in [1.29, 1.82) is 0 Å². The minimum Gasteiger partial charge on any atom is -0.489 e. The molecular weight excluding hydrogens is 633 g/mol. The van der Waals surface area contributed by atoms with Crippen LogP contribution in [-0.4, -0.2) is 42.1 Å². The number of imide groups is 1. The maximum atomic E-state index is 13.6. The lowest BCUT2D eigenvalue weighted by molar-refractivity contribution is 0.0608. The highest BCUT2D eigenvalue weighted by Gasteiger charge is 2.36. The van der Waals surface area contributed by atoms with E-state index in [0.717, 1.165) is 70.7 Å². The van der Waals surface area contributed by atoms with Gasteiger partial charge in [-0.05, 0) is 97.1 Å². The third-order valence-electron chi connectivity index (χ3n) is 10.1. The number of unbranched alkanes of at least 4 members (excludes halogenated alkanes) is 1. The number of nitrogens with zero attached hydrogens (tertiary/aromatic N) is 4. The number of hydrogen-bond acceptors (Lipinski definition) is 6. The number of hydrogen-bond donors (Lipinski definition) is 0. The molecule has 5 aromatic rings. The van der Waals surface area contributed by atoms with E-state index in [0.29, 0.717) is 36.1 Å². The Morgan fingerprint density at radius 2 is 1.55 bits per heavy atom. The average molecular weight is 677 g/mol. The van der Waals surface area contributed by atoms with Crippen molar-refractivity contribution in [3.05, 3.63) is 143 Å². The van der Waals surface area contributed by atoms with E-state index in [4.69, 9.17) is 9.84 Å². The molecule has 51 heavy (non-hydrogen) atoms. The zero-order valence-corrected chi connectivity index (χ0v) is 29.6. The van der Waals surface area contributed by atoms with Crippen LogP contribution in [0.2, 0.25) is 0 Å². The summed E-state index contributed by atoms with van der Waals surface area (Å²) in [6.07, 6.45) is 4.20. The van der Waals surface area contributed by atoms with E-state index in [2.05, 4.69) is 85.8 Å². The molecule has 0 spiro atoms. The first-order chi connectivity index (χ1) is 24.9. The summed E-state index contributed by atoms with van der Waals surface area (Å²) in [4.78, 5) is 31.0. The highest BCUT2D eigenvalue weighted by atomic mass is 16.5. The van der Waals surface area contributed by atoms with Crippen molar-refractivity contribution in [3.8, 4) is 5.75 Å². The summed E-state index contributed by atoms with van der Waals surface area (Å²) in [6, 6.07) is 34.6. The van der Waals surface area contributed by atoms with Crippen LogP contribution in [0, 0.1) is 0 Å². The maximum absolute atomic E-state index is 13.6. The Hall–Kier alpha value is -5.69. The molecule has 258 valence electrons. The monoisotopic (exact) mass is 676 g/mol. The number of rotatable bonds is 13. The normalized spacial score (nSPS) is 15.4. The number of ether oxygens (including phenoxy) is 1. The highest BCUT2D eigenvalue weighted by Crippen LogP contribution is 2.43. The summed E-state index contributed by atoms with van der Waals surface area (Å²) < 4.78 is 6.11. The molecule has 0 aromatic heterocycles. The summed E-state index contributed by atoms with van der Waals surface area (Å²) >= 11 is 0. The predicted molar refractivity (Wildman–Crippen MR) is 208 cm³/mol. The molecule has 5 aromatic carbocycles. The first-order valence-electron chi connectivity index (χ1n) is 18.0. The van der Waals surface area contributed by atoms with Gasteiger partial charge in [0.1, 0.15) is 12.4 Å². The van der Waals surface area contributed by atoms with Crippen LogP contribution in [0.25, 0.3) is 16.8 Å². The van der Waals surface area contributed by atoms with Gasteiger partial charge in [0.2, 0.25) is 0 Å². The molecule has 1 atom stereocenters. The van der Waals surface area contributed by atoms with Crippen LogP contribution in [0.4, 0.5) is 11.4 Å². The molecule has 0 N–H and O–H groups in total. The van der Waals surface area contributed by atoms with Crippen LogP contribution in [0.1, 0.15) is 89.0 Å². The van der Waals surface area contributed by atoms with Crippen LogP contribution < -0.4 is 14.6 Å². The van der Waals surface area contributed by atoms with Gasteiger partial charge in [-0.1, -0.05) is 74.5 Å². The molecular formula is C44H44N4O3. The summed E-state index contributed by atoms with van der Waals surface area (Å²) in [6.45, 7) is 13.0. The Kier molecular flexibility index (Phi) is 9.71. The van der Waals surface area contributed by atoms with Crippen molar-refractivity contribution in [2.24, 2.45) is 5.10 Å². The summed E-state index contributed by atoms with van der Waals surface area (Å²) in [5.74, 6) is 0.333. The predicted octanol–water partition coefficient (Wildman–Crippen LogP) is 9.66. The first kappa shape index (κ1) is 33.8. The van der Waals surface area contributed by atoms with Gasteiger partial charge in [0, 0.05) is 53.6 Å². The Morgan fingerprint density at radius 1 is 0.843 bits per heavy atom. The zero-order valence-electron chi connectivity index (χ0n) is 29.6. The fourth-order valence-corrected chi connectivity index (χ4v) is 7.17. The first-order valence-corrected chi connectivity index (χ1v) is 18.0. The largest absolute Gasteiger partial charge is 0.489 e. The van der Waals surface area contributed by atoms with E-state index < -0.39 is 0 Å². The Bertz CT molecular complexity index is 2080. The smallest absolute Gasteiger partial charge is 0.261 e. The second kappa shape index (κ2) is 14.7. The minimum absolute atomic E-state index is 0.0895. The molecule has 2 aliphatic rings. The van der Waals surface area contributed by atoms with Crippen molar-refractivity contribution in [3.63, 3.8) is 0 Å². The van der Waals surface area contributed by atoms with Crippen LogP contribution in [-0.2, 0) is 6.61 Å². The van der Waals surface area contributed by atoms with Crippen molar-refractivity contribution < 1.29 is 14.3 Å². The van der Waals surface area contributed by atoms with Gasteiger partial charge in [0.05, 0.1) is 17.4 Å². The molecule has 0 radical (unpaired) electrons. The third-order valence-corrected chi connectivity index (χ3v) is 10.1. The fourth-order valence-electron chi connectivity index (χ4n) is 7.17. The standard InChI is InChI=1S/C44H44N4O3/c1-5-9-27-47-43(49)37-12-10-11-36-40(26-25-38(42(36)37)44(47)50)48-41(33-17-21-34(22-18-33)46(7-3)8-4)28-39(45-48)32-19-23-35(24-20-32)51-29-31-15-13-30(6-2)14-16-31/h6,10-26,41H,2,5,7-9,27-29H2,1,3-4H3. The molecule has 7 rings (SSSR count). The lowest BCUT2D eigenvalue weighted by Crippen LogP contribution is -2.40. The molecule has 0 saturated carbocycles. The van der Waals surface area contributed by atoms with Crippen molar-refractivity contribution in [2.45, 2.75) is 52.7 Å². The van der Waals surface area contributed by atoms with Gasteiger partial charge in [-0.25, -0.2) is 0 Å². The van der Waals surface area contributed by atoms with Crippen LogP contribution in [0.3, 0.4) is 0 Å². The van der Waals surface area contributed by atoms with E-state index in [1.807, 2.05) is 60.7 Å². The fraction of sp³-hybridized carbons (Fsp3) is 0.250. The van der Waals surface area contributed by atoms with E-state index in [1.165, 1.54) is 10.6 Å². The second-order valence-corrected chi connectivity index (χ2v) is 13.1. The lowest BCUT2D eigenvalue weighted by Gasteiger charge is -2.30. The van der Waals surface area contributed by atoms with E-state index >= 15 is 0 Å². The van der Waals surface area contributed by atoms with Gasteiger partial charge in [-0.3, -0.25) is 19.5 Å². The second-order valence-electron chi connectivity index (χ2n) is 13.1. The zero-order chi connectivity index (χ0) is 35.5. The van der Waals surface area contributed by atoms with Gasteiger partial charge in [0.15, 0.2) is 0 Å². The lowest BCUT2D eigenvalue weighted by atomic mass is 9.92. The van der Waals surface area contributed by atoms with Crippen LogP contribution in [0.15, 0.2) is 115 Å². The topological polar surface area (TPSA) is 65.5 Å². The summed E-state index contributed by atoms with van der Waals surface area (Å²) in [5, 5.41) is 8.91. The molecule has 2 aliphatic heterocycles. The number of benzene rings is 5. The molecule has 2 heterocycles. The van der Waals surface area contributed by atoms with Crippen LogP contribution in [0.5, 0.6) is 5.75 Å². The number of carbonyl (C=O) groups is 2. The minimum atomic E-state index is -0.228. The number of anilines is 2. The molecule has 7 heteroatoms. The van der Waals surface area contributed by atoms with Gasteiger partial charge >= 0.3 is 0 Å². The Labute approximate surface area is 300 Å². The van der Waals surface area contributed by atoms with Gasteiger partial charge in [-0.2, -0.15) is 5.10 Å². The number of hydrazone groups is 1. The molecule has 1 unspecified atom stereocenters. The Morgan fingerprint density at radius 3 is 2.22 bits per heavy atom. The Balaban J connectivity index is 1.24. The third kappa shape index (κ3) is 6.52. The number of carbonyl (C=O) groups excluding carboxylic acids is 2. The SMILES string of the molecule is C=Cc1ccc(COc2ccc(C3=NN(c4ccc5c6c(cccc46)C(=O)N(CCCC)C5=O)C(c4ccc(N(CC)CC)cc4)C3)cc2)cc1. The van der Waals surface area contributed by atoms with Gasteiger partial charge < -0.3 is 9.64 Å². The van der Waals surface area contributed by atoms with Crippen molar-refractivity contribution >= 4 is 45.7 Å². The molecule has 7 nitrogen and oxygen atoms in total. The van der Waals surface area contributed by atoms with Gasteiger partial charge in [0.25, 0.3) is 11.8 Å². The summed E-state index contributed by atoms with van der Waals surface area (Å²) in [5.41, 5.74) is 8.48. The summed E-state index contributed by atoms with van der Waals surface area (Å²) in [7, 11) is 0. The van der Waals surface area contributed by atoms with Crippen molar-refractivity contribution in [1.82, 2.24) is 4.90 Å². The molecule has 2 amide bonds. The van der Waals surface area contributed by atoms with Crippen molar-refractivity contribution in [2.75, 3.05) is 29.5 Å². The van der Waals surface area contributed by atoms with E-state index in [1.54, 1.807) is 0 Å². The quantitative estimate of drug-likeness (QED) is 0.116. The average Bonchev–Trinajstić information content (AvgIpc) is 3.62. The van der Waals surface area contributed by atoms with E-state index in [-0.39, 0.29) is 17.9 Å². The molecule has 0 aliphatic carbocycles. The molecule has 0 fully saturated rings.